The number of aromatic nitrogens is 1. The van der Waals surface area contributed by atoms with Gasteiger partial charge in [-0.3, -0.25) is 9.59 Å². The van der Waals surface area contributed by atoms with E-state index in [2.05, 4.69) is 34.8 Å². The number of piperidine rings is 1. The largest absolute Gasteiger partial charge is 0.481 e. The molecule has 0 amide bonds. The van der Waals surface area contributed by atoms with E-state index in [-0.39, 0.29) is 5.56 Å². The molecule has 0 spiro atoms. The van der Waals surface area contributed by atoms with Crippen LogP contribution >= 0.6 is 0 Å². The molecule has 1 aromatic carbocycles. The van der Waals surface area contributed by atoms with E-state index in [0.29, 0.717) is 12.0 Å². The van der Waals surface area contributed by atoms with Crippen LogP contribution in [0, 0.1) is 0 Å². The van der Waals surface area contributed by atoms with Crippen LogP contribution in [0.2, 0.25) is 0 Å². The van der Waals surface area contributed by atoms with Gasteiger partial charge in [-0.15, -0.1) is 0 Å². The summed E-state index contributed by atoms with van der Waals surface area (Å²) in [5.74, 6) is 0.246. The number of carboxylic acid groups (broad SMARTS) is 1. The predicted molar refractivity (Wildman–Crippen MR) is 91.9 cm³/mol. The highest BCUT2D eigenvalue weighted by Gasteiger charge is 2.23. The van der Waals surface area contributed by atoms with E-state index in [1.807, 2.05) is 18.2 Å². The number of H-pyrrole nitrogens is 1. The fourth-order valence-corrected chi connectivity index (χ4v) is 2.65. The molecule has 1 aliphatic rings. The predicted octanol–water partition coefficient (Wildman–Crippen LogP) is 2.61. The van der Waals surface area contributed by atoms with Crippen molar-refractivity contribution in [3.05, 3.63) is 64.2 Å². The third kappa shape index (κ3) is 5.89. The number of carboxylic acids is 1. The number of nitrogens with one attached hydrogen (secondary N) is 2. The highest BCUT2D eigenvalue weighted by atomic mass is 16.5. The molecule has 0 saturated carbocycles. The van der Waals surface area contributed by atoms with Gasteiger partial charge in [-0.2, -0.15) is 5.16 Å². The van der Waals surface area contributed by atoms with Crippen molar-refractivity contribution < 1.29 is 14.4 Å². The lowest BCUT2D eigenvalue weighted by atomic mass is 9.90. The fourth-order valence-electron chi connectivity index (χ4n) is 2.65. The molecule has 3 rings (SSSR count). The van der Waals surface area contributed by atoms with E-state index in [1.165, 1.54) is 5.56 Å². The van der Waals surface area contributed by atoms with Gasteiger partial charge in [0, 0.05) is 24.9 Å². The summed E-state index contributed by atoms with van der Waals surface area (Å²) in [5.41, 5.74) is 1.04. The zero-order valence-corrected chi connectivity index (χ0v) is 13.6. The molecular formula is C18H22N2O4. The number of hydrogen-bond acceptors (Lipinski definition) is 4. The Hall–Kier alpha value is -2.60. The average Bonchev–Trinajstić information content (AvgIpc) is 3.00. The first-order valence-electron chi connectivity index (χ1n) is 7.89. The van der Waals surface area contributed by atoms with Gasteiger partial charge in [-0.25, -0.2) is 0 Å². The molecule has 2 atom stereocenters. The summed E-state index contributed by atoms with van der Waals surface area (Å²) in [5, 5.41) is 13.3. The lowest BCUT2D eigenvalue weighted by molar-refractivity contribution is -0.134. The van der Waals surface area contributed by atoms with Crippen LogP contribution in [0.3, 0.4) is 0 Å². The van der Waals surface area contributed by atoms with Gasteiger partial charge in [0.1, 0.15) is 5.76 Å². The van der Waals surface area contributed by atoms with Gasteiger partial charge in [0.05, 0.1) is 0 Å². The zero-order valence-electron chi connectivity index (χ0n) is 13.6. The minimum atomic E-state index is -0.833. The summed E-state index contributed by atoms with van der Waals surface area (Å²) in [6.07, 6.45) is 6.26. The normalized spacial score (nSPS) is 20.4. The Morgan fingerprint density at radius 1 is 1.33 bits per heavy atom. The van der Waals surface area contributed by atoms with E-state index in [9.17, 15) is 4.79 Å². The molecule has 0 radical (unpaired) electrons. The monoisotopic (exact) mass is 330 g/mol. The van der Waals surface area contributed by atoms with Gasteiger partial charge in [0.2, 0.25) is 0 Å². The van der Waals surface area contributed by atoms with Crippen molar-refractivity contribution in [2.24, 2.45) is 0 Å². The van der Waals surface area contributed by atoms with Crippen LogP contribution in [-0.2, 0) is 4.79 Å². The summed E-state index contributed by atoms with van der Waals surface area (Å²) in [4.78, 5) is 20.1. The minimum Gasteiger partial charge on any atom is -0.481 e. The van der Waals surface area contributed by atoms with Gasteiger partial charge >= 0.3 is 0 Å². The van der Waals surface area contributed by atoms with Crippen molar-refractivity contribution in [3.8, 4) is 0 Å². The maximum atomic E-state index is 11.1. The molecule has 6 heteroatoms. The van der Waals surface area contributed by atoms with E-state index in [0.717, 1.165) is 32.1 Å². The summed E-state index contributed by atoms with van der Waals surface area (Å²) in [7, 11) is 0. The van der Waals surface area contributed by atoms with E-state index < -0.39 is 5.97 Å². The molecule has 2 aromatic rings. The summed E-state index contributed by atoms with van der Waals surface area (Å²) in [6, 6.07) is 12.1. The molecule has 0 bridgehead atoms. The van der Waals surface area contributed by atoms with Crippen LogP contribution < -0.4 is 10.9 Å². The highest BCUT2D eigenvalue weighted by Crippen LogP contribution is 2.27. The Morgan fingerprint density at radius 2 is 2.04 bits per heavy atom. The standard InChI is InChI=1S/C16H18N2O2.C2H4O2/c19-16-11-15(20-18-16)13-8-9-17-14(10-13)7-6-12-4-2-1-3-5-12;1-2(3)4/h1-7,11,13-14,17H,8-10H2,(H,18,19);1H3,(H,3,4)/t13-,14-;/m0./s1. The van der Waals surface area contributed by atoms with E-state index in [1.54, 1.807) is 6.07 Å². The maximum absolute atomic E-state index is 11.1. The molecule has 1 aliphatic heterocycles. The summed E-state index contributed by atoms with van der Waals surface area (Å²) < 4.78 is 5.23. The Bertz CT molecular complexity index is 714. The van der Waals surface area contributed by atoms with Crippen LogP contribution in [0.15, 0.2) is 51.8 Å². The number of rotatable bonds is 3. The molecule has 2 heterocycles. The van der Waals surface area contributed by atoms with Crippen molar-refractivity contribution >= 4 is 12.0 Å². The van der Waals surface area contributed by atoms with Crippen molar-refractivity contribution in [2.75, 3.05) is 6.54 Å². The lowest BCUT2D eigenvalue weighted by Gasteiger charge is -2.26. The molecule has 1 fully saturated rings. The van der Waals surface area contributed by atoms with Crippen LogP contribution in [0.5, 0.6) is 0 Å². The Morgan fingerprint density at radius 3 is 2.67 bits per heavy atom. The lowest BCUT2D eigenvalue weighted by Crippen LogP contribution is -2.35. The quantitative estimate of drug-likeness (QED) is 0.804. The highest BCUT2D eigenvalue weighted by molar-refractivity contribution is 5.62. The van der Waals surface area contributed by atoms with Crippen molar-refractivity contribution in [3.63, 3.8) is 0 Å². The number of aliphatic carboxylic acids is 1. The average molecular weight is 330 g/mol. The molecule has 0 aliphatic carbocycles. The molecule has 6 nitrogen and oxygen atoms in total. The first kappa shape index (κ1) is 17.7. The molecule has 1 saturated heterocycles. The SMILES string of the molecule is CC(=O)O.O=c1cc([C@H]2CCN[C@@H](C=Cc3ccccc3)C2)o[nH]1. The Balaban J connectivity index is 0.000000471. The van der Waals surface area contributed by atoms with Crippen LogP contribution in [0.4, 0.5) is 0 Å². The summed E-state index contributed by atoms with van der Waals surface area (Å²) >= 11 is 0. The number of aromatic amines is 1. The maximum Gasteiger partial charge on any atom is 0.300 e. The second-order valence-electron chi connectivity index (χ2n) is 5.69. The number of hydrogen-bond donors (Lipinski definition) is 3. The van der Waals surface area contributed by atoms with Crippen molar-refractivity contribution in [1.82, 2.24) is 10.5 Å². The fraction of sp³-hybridized carbons (Fsp3) is 0.333. The molecule has 24 heavy (non-hydrogen) atoms. The molecule has 0 unspecified atom stereocenters. The first-order valence-corrected chi connectivity index (χ1v) is 7.89. The second kappa shape index (κ2) is 8.88. The zero-order chi connectivity index (χ0) is 17.4. The first-order chi connectivity index (χ1) is 11.5. The molecule has 128 valence electrons. The smallest absolute Gasteiger partial charge is 0.300 e. The third-order valence-electron chi connectivity index (χ3n) is 3.70. The Labute approximate surface area is 140 Å². The van der Waals surface area contributed by atoms with Crippen molar-refractivity contribution in [2.45, 2.75) is 31.7 Å². The summed E-state index contributed by atoms with van der Waals surface area (Å²) in [6.45, 7) is 2.02. The second-order valence-corrected chi connectivity index (χ2v) is 5.69. The molecular weight excluding hydrogens is 308 g/mol. The van der Waals surface area contributed by atoms with Gasteiger partial charge in [-0.1, -0.05) is 42.5 Å². The molecule has 1 aromatic heterocycles. The topological polar surface area (TPSA) is 95.3 Å². The Kier molecular flexibility index (Phi) is 6.57. The van der Waals surface area contributed by atoms with Crippen LogP contribution in [0.1, 0.15) is 37.0 Å². The number of carbonyl (C=O) groups is 1. The number of benzene rings is 1. The van der Waals surface area contributed by atoms with Gasteiger partial charge in [-0.05, 0) is 24.9 Å². The van der Waals surface area contributed by atoms with E-state index in [4.69, 9.17) is 14.4 Å². The van der Waals surface area contributed by atoms with Gasteiger partial charge < -0.3 is 14.9 Å². The van der Waals surface area contributed by atoms with Gasteiger partial charge in [0.25, 0.3) is 11.5 Å². The van der Waals surface area contributed by atoms with Crippen LogP contribution in [-0.4, -0.2) is 28.8 Å². The third-order valence-corrected chi connectivity index (χ3v) is 3.70. The van der Waals surface area contributed by atoms with Gasteiger partial charge in [0.15, 0.2) is 0 Å². The van der Waals surface area contributed by atoms with Crippen LogP contribution in [0.25, 0.3) is 6.08 Å². The van der Waals surface area contributed by atoms with Crippen molar-refractivity contribution in [1.29, 1.82) is 0 Å². The molecule has 3 N–H and O–H groups in total. The van der Waals surface area contributed by atoms with E-state index >= 15 is 0 Å². The minimum absolute atomic E-state index is 0.157.